The molecule has 1 aromatic carbocycles. The van der Waals surface area contributed by atoms with Crippen LogP contribution in [0.1, 0.15) is 30.1 Å². The molecule has 1 saturated heterocycles. The summed E-state index contributed by atoms with van der Waals surface area (Å²) in [5.74, 6) is 2.21. The first-order valence-electron chi connectivity index (χ1n) is 10.4. The van der Waals surface area contributed by atoms with Crippen molar-refractivity contribution in [3.05, 3.63) is 78.5 Å². The summed E-state index contributed by atoms with van der Waals surface area (Å²) >= 11 is 0. The summed E-state index contributed by atoms with van der Waals surface area (Å²) in [6, 6.07) is 16.5. The lowest BCUT2D eigenvalue weighted by Crippen LogP contribution is -2.34. The van der Waals surface area contributed by atoms with Gasteiger partial charge in [-0.25, -0.2) is 9.50 Å². The van der Waals surface area contributed by atoms with Crippen LogP contribution in [-0.2, 0) is 6.54 Å². The molecular formula is C24H25N5O. The Hall–Kier alpha value is -3.25. The molecular weight excluding hydrogens is 374 g/mol. The smallest absolute Gasteiger partial charge is 0.156 e. The molecule has 0 aliphatic carbocycles. The second-order valence-corrected chi connectivity index (χ2v) is 7.85. The fraction of sp³-hybridized carbons (Fsp3) is 0.292. The van der Waals surface area contributed by atoms with Crippen molar-refractivity contribution in [3.8, 4) is 16.9 Å². The number of aromatic nitrogens is 4. The normalized spacial score (nSPS) is 17.3. The topological polar surface area (TPSA) is 55.5 Å². The predicted octanol–water partition coefficient (Wildman–Crippen LogP) is 4.18. The fourth-order valence-electron chi connectivity index (χ4n) is 4.19. The average molecular weight is 399 g/mol. The highest BCUT2D eigenvalue weighted by Crippen LogP contribution is 2.27. The summed E-state index contributed by atoms with van der Waals surface area (Å²) in [7, 11) is 1.70. The number of piperidine rings is 1. The van der Waals surface area contributed by atoms with Crippen LogP contribution < -0.4 is 4.74 Å². The Kier molecular flexibility index (Phi) is 5.15. The first-order chi connectivity index (χ1) is 14.8. The van der Waals surface area contributed by atoms with Crippen LogP contribution in [-0.4, -0.2) is 44.7 Å². The Balaban J connectivity index is 1.32. The van der Waals surface area contributed by atoms with Gasteiger partial charge in [0.2, 0.25) is 0 Å². The first-order valence-corrected chi connectivity index (χ1v) is 10.4. The minimum absolute atomic E-state index is 0.362. The van der Waals surface area contributed by atoms with E-state index in [4.69, 9.17) is 14.8 Å². The monoisotopic (exact) mass is 399 g/mol. The van der Waals surface area contributed by atoms with Crippen molar-refractivity contribution < 1.29 is 4.74 Å². The molecule has 0 bridgehead atoms. The lowest BCUT2D eigenvalue weighted by molar-refractivity contribution is 0.196. The van der Waals surface area contributed by atoms with Gasteiger partial charge in [0.1, 0.15) is 5.75 Å². The summed E-state index contributed by atoms with van der Waals surface area (Å²) in [4.78, 5) is 11.4. The van der Waals surface area contributed by atoms with Crippen LogP contribution in [0.25, 0.3) is 16.8 Å². The summed E-state index contributed by atoms with van der Waals surface area (Å²) in [5.41, 5.74) is 4.45. The van der Waals surface area contributed by atoms with Gasteiger partial charge in [-0.2, -0.15) is 5.10 Å². The highest BCUT2D eigenvalue weighted by molar-refractivity contribution is 5.63. The van der Waals surface area contributed by atoms with Gasteiger partial charge in [-0.3, -0.25) is 9.88 Å². The van der Waals surface area contributed by atoms with E-state index in [1.54, 1.807) is 7.11 Å². The molecule has 1 aliphatic rings. The SMILES string of the molecule is COc1ccc(CN2CCC[C@H](c3nc4ccc(-c5ccncc5)cn4n3)C2)cc1. The van der Waals surface area contributed by atoms with Gasteiger partial charge in [0, 0.05) is 43.2 Å². The average Bonchev–Trinajstić information content (AvgIpc) is 3.24. The van der Waals surface area contributed by atoms with Crippen molar-refractivity contribution in [1.82, 2.24) is 24.5 Å². The van der Waals surface area contributed by atoms with Crippen molar-refractivity contribution in [2.45, 2.75) is 25.3 Å². The second kappa shape index (κ2) is 8.24. The molecule has 0 spiro atoms. The van der Waals surface area contributed by atoms with Gasteiger partial charge in [-0.05, 0) is 66.9 Å². The standard InChI is InChI=1S/C24H25N5O/c1-30-22-7-4-18(5-8-22)15-28-14-2-3-21(16-28)24-26-23-9-6-20(17-29(23)27-24)19-10-12-25-13-11-19/h4-13,17,21H,2-3,14-16H2,1H3/t21-/m0/s1. The van der Waals surface area contributed by atoms with E-state index in [1.807, 2.05) is 47.2 Å². The van der Waals surface area contributed by atoms with Crippen LogP contribution in [0.15, 0.2) is 67.1 Å². The zero-order valence-corrected chi connectivity index (χ0v) is 17.1. The Bertz CT molecular complexity index is 1120. The number of fused-ring (bicyclic) bond motifs is 1. The molecule has 3 aromatic heterocycles. The van der Waals surface area contributed by atoms with Crippen LogP contribution in [0.4, 0.5) is 0 Å². The van der Waals surface area contributed by atoms with Crippen LogP contribution in [0.5, 0.6) is 5.75 Å². The van der Waals surface area contributed by atoms with Gasteiger partial charge >= 0.3 is 0 Å². The molecule has 5 rings (SSSR count). The van der Waals surface area contributed by atoms with Crippen LogP contribution in [0.2, 0.25) is 0 Å². The number of hydrogen-bond donors (Lipinski definition) is 0. The van der Waals surface area contributed by atoms with E-state index in [-0.39, 0.29) is 0 Å². The summed E-state index contributed by atoms with van der Waals surface area (Å²) < 4.78 is 7.17. The van der Waals surface area contributed by atoms with Crippen LogP contribution in [0, 0.1) is 0 Å². The Morgan fingerprint density at radius 1 is 1.00 bits per heavy atom. The van der Waals surface area contributed by atoms with Gasteiger partial charge in [0.25, 0.3) is 0 Å². The molecule has 6 heteroatoms. The molecule has 0 amide bonds. The van der Waals surface area contributed by atoms with Gasteiger partial charge < -0.3 is 4.74 Å². The molecule has 6 nitrogen and oxygen atoms in total. The molecule has 4 heterocycles. The minimum Gasteiger partial charge on any atom is -0.497 e. The quantitative estimate of drug-likeness (QED) is 0.504. The van der Waals surface area contributed by atoms with E-state index in [0.29, 0.717) is 5.92 Å². The van der Waals surface area contributed by atoms with Gasteiger partial charge in [-0.15, -0.1) is 0 Å². The Morgan fingerprint density at radius 2 is 1.83 bits per heavy atom. The number of likely N-dealkylation sites (tertiary alicyclic amines) is 1. The summed E-state index contributed by atoms with van der Waals surface area (Å²) in [5, 5.41) is 4.83. The third-order valence-corrected chi connectivity index (χ3v) is 5.80. The molecule has 152 valence electrons. The number of pyridine rings is 2. The highest BCUT2D eigenvalue weighted by Gasteiger charge is 2.25. The molecule has 0 N–H and O–H groups in total. The molecule has 1 fully saturated rings. The maximum atomic E-state index is 5.26. The van der Waals surface area contributed by atoms with E-state index in [9.17, 15) is 0 Å². The van der Waals surface area contributed by atoms with E-state index >= 15 is 0 Å². The maximum absolute atomic E-state index is 5.26. The largest absolute Gasteiger partial charge is 0.497 e. The zero-order valence-electron chi connectivity index (χ0n) is 17.1. The summed E-state index contributed by atoms with van der Waals surface area (Å²) in [6.45, 7) is 3.04. The highest BCUT2D eigenvalue weighted by atomic mass is 16.5. The van der Waals surface area contributed by atoms with Crippen molar-refractivity contribution in [1.29, 1.82) is 0 Å². The number of benzene rings is 1. The van der Waals surface area contributed by atoms with Crippen molar-refractivity contribution in [3.63, 3.8) is 0 Å². The lowest BCUT2D eigenvalue weighted by atomic mass is 9.97. The van der Waals surface area contributed by atoms with E-state index in [1.165, 1.54) is 12.0 Å². The Morgan fingerprint density at radius 3 is 2.63 bits per heavy atom. The Labute approximate surface area is 176 Å². The second-order valence-electron chi connectivity index (χ2n) is 7.85. The fourth-order valence-corrected chi connectivity index (χ4v) is 4.19. The first kappa shape index (κ1) is 18.8. The van der Waals surface area contributed by atoms with E-state index < -0.39 is 0 Å². The number of rotatable bonds is 5. The van der Waals surface area contributed by atoms with Gasteiger partial charge in [-0.1, -0.05) is 12.1 Å². The number of ether oxygens (including phenoxy) is 1. The molecule has 4 aromatic rings. The number of methoxy groups -OCH3 is 1. The van der Waals surface area contributed by atoms with Crippen molar-refractivity contribution in [2.24, 2.45) is 0 Å². The van der Waals surface area contributed by atoms with Crippen LogP contribution in [0.3, 0.4) is 0 Å². The molecule has 0 unspecified atom stereocenters. The van der Waals surface area contributed by atoms with E-state index in [0.717, 1.165) is 54.4 Å². The lowest BCUT2D eigenvalue weighted by Gasteiger charge is -2.31. The van der Waals surface area contributed by atoms with Crippen LogP contribution >= 0.6 is 0 Å². The van der Waals surface area contributed by atoms with Crippen molar-refractivity contribution >= 4 is 5.65 Å². The zero-order chi connectivity index (χ0) is 20.3. The molecule has 1 atom stereocenters. The molecule has 30 heavy (non-hydrogen) atoms. The number of hydrogen-bond acceptors (Lipinski definition) is 5. The third-order valence-electron chi connectivity index (χ3n) is 5.80. The summed E-state index contributed by atoms with van der Waals surface area (Å²) in [6.07, 6.45) is 7.97. The third kappa shape index (κ3) is 3.91. The maximum Gasteiger partial charge on any atom is 0.156 e. The van der Waals surface area contributed by atoms with Crippen molar-refractivity contribution in [2.75, 3.05) is 20.2 Å². The molecule has 0 saturated carbocycles. The minimum atomic E-state index is 0.362. The van der Waals surface area contributed by atoms with Gasteiger partial charge in [0.15, 0.2) is 11.5 Å². The number of nitrogens with zero attached hydrogens (tertiary/aromatic N) is 5. The van der Waals surface area contributed by atoms with E-state index in [2.05, 4.69) is 34.3 Å². The molecule has 0 radical (unpaired) electrons. The predicted molar refractivity (Wildman–Crippen MR) is 116 cm³/mol. The molecule has 1 aliphatic heterocycles. The van der Waals surface area contributed by atoms with Gasteiger partial charge in [0.05, 0.1) is 7.11 Å².